The number of esters is 1. The number of pyridine rings is 1. The molecule has 0 spiro atoms. The molecule has 1 aromatic carbocycles. The Balaban J connectivity index is 1.83. The molecular weight excluding hydrogens is 473 g/mol. The molecule has 0 atom stereocenters. The molecule has 0 aliphatic carbocycles. The van der Waals surface area contributed by atoms with Gasteiger partial charge in [0, 0.05) is 12.3 Å². The largest absolute Gasteiger partial charge is 0.493 e. The fourth-order valence-corrected chi connectivity index (χ4v) is 3.59. The predicted octanol–water partition coefficient (Wildman–Crippen LogP) is 6.29. The number of aromatic nitrogens is 2. The van der Waals surface area contributed by atoms with Crippen molar-refractivity contribution >= 4 is 29.3 Å². The van der Waals surface area contributed by atoms with Gasteiger partial charge in [0.15, 0.2) is 17.1 Å². The number of methoxy groups -OCH3 is 1. The summed E-state index contributed by atoms with van der Waals surface area (Å²) in [5.74, 6) is 0.291. The summed E-state index contributed by atoms with van der Waals surface area (Å²) >= 11 is 6.07. The molecular formula is C24H24ClF3N2O4. The third-order valence-electron chi connectivity index (χ3n) is 4.93. The first-order valence-corrected chi connectivity index (χ1v) is 10.9. The van der Waals surface area contributed by atoms with Gasteiger partial charge in [0.1, 0.15) is 6.61 Å². The first-order valence-electron chi connectivity index (χ1n) is 10.5. The lowest BCUT2D eigenvalue weighted by Gasteiger charge is -2.11. The second kappa shape index (κ2) is 10.4. The standard InChI is InChI=1S/C24H24ClF3N2O4/c1-5-33-19-8-6-15(10-20(19)32-4)7-9-21(31)34-13-18-22(14(2)3)29-23-17(25)11-16(12-30(18)23)24(26,27)28/h6-12,14H,5,13H2,1-4H3/b9-7+. The number of imidazole rings is 1. The van der Waals surface area contributed by atoms with Crippen molar-refractivity contribution in [3.8, 4) is 11.5 Å². The third-order valence-corrected chi connectivity index (χ3v) is 5.21. The minimum atomic E-state index is -4.59. The second-order valence-electron chi connectivity index (χ2n) is 7.65. The van der Waals surface area contributed by atoms with Gasteiger partial charge in [-0.1, -0.05) is 31.5 Å². The Kier molecular flexibility index (Phi) is 7.76. The number of hydrogen-bond acceptors (Lipinski definition) is 5. The maximum Gasteiger partial charge on any atom is 0.417 e. The summed E-state index contributed by atoms with van der Waals surface area (Å²) < 4.78 is 57.2. The van der Waals surface area contributed by atoms with Gasteiger partial charge >= 0.3 is 12.1 Å². The van der Waals surface area contributed by atoms with E-state index in [1.807, 2.05) is 20.8 Å². The monoisotopic (exact) mass is 496 g/mol. The van der Waals surface area contributed by atoms with E-state index in [4.69, 9.17) is 25.8 Å². The van der Waals surface area contributed by atoms with Gasteiger partial charge in [0.2, 0.25) is 0 Å². The van der Waals surface area contributed by atoms with Crippen molar-refractivity contribution < 1.29 is 32.2 Å². The minimum absolute atomic E-state index is 0.133. The maximum absolute atomic E-state index is 13.3. The number of halogens is 4. The van der Waals surface area contributed by atoms with Gasteiger partial charge < -0.3 is 14.2 Å². The molecule has 0 aliphatic heterocycles. The van der Waals surface area contributed by atoms with Crippen LogP contribution in [0, 0.1) is 0 Å². The van der Waals surface area contributed by atoms with Crippen molar-refractivity contribution in [2.45, 2.75) is 39.5 Å². The van der Waals surface area contributed by atoms with Crippen LogP contribution in [-0.2, 0) is 22.3 Å². The zero-order valence-corrected chi connectivity index (χ0v) is 19.8. The van der Waals surface area contributed by atoms with Gasteiger partial charge in [0.25, 0.3) is 0 Å². The van der Waals surface area contributed by atoms with Crippen molar-refractivity contribution in [1.82, 2.24) is 9.38 Å². The number of ether oxygens (including phenoxy) is 3. The predicted molar refractivity (Wildman–Crippen MR) is 122 cm³/mol. The Morgan fingerprint density at radius 3 is 2.59 bits per heavy atom. The Bertz CT molecular complexity index is 1220. The molecule has 0 saturated heterocycles. The molecule has 2 aromatic heterocycles. The molecule has 3 aromatic rings. The van der Waals surface area contributed by atoms with Gasteiger partial charge in [-0.05, 0) is 42.7 Å². The molecule has 6 nitrogen and oxygen atoms in total. The van der Waals surface area contributed by atoms with Crippen molar-refractivity contribution in [3.05, 3.63) is 64.1 Å². The summed E-state index contributed by atoms with van der Waals surface area (Å²) in [5.41, 5.74) is 0.740. The molecule has 0 bridgehead atoms. The first kappa shape index (κ1) is 25.4. The van der Waals surface area contributed by atoms with E-state index >= 15 is 0 Å². The van der Waals surface area contributed by atoms with E-state index < -0.39 is 17.7 Å². The first-order chi connectivity index (χ1) is 16.0. The second-order valence-corrected chi connectivity index (χ2v) is 8.06. The molecule has 0 saturated carbocycles. The quantitative estimate of drug-likeness (QED) is 0.271. The summed E-state index contributed by atoms with van der Waals surface area (Å²) in [6.07, 6.45) is -0.917. The Labute approximate surface area is 199 Å². The Morgan fingerprint density at radius 1 is 1.24 bits per heavy atom. The van der Waals surface area contributed by atoms with Gasteiger partial charge in [0.05, 0.1) is 35.7 Å². The lowest BCUT2D eigenvalue weighted by Crippen LogP contribution is -2.09. The van der Waals surface area contributed by atoms with Gasteiger partial charge in [-0.15, -0.1) is 0 Å². The van der Waals surface area contributed by atoms with Crippen LogP contribution in [-0.4, -0.2) is 29.1 Å². The van der Waals surface area contributed by atoms with Crippen LogP contribution in [0.15, 0.2) is 36.5 Å². The lowest BCUT2D eigenvalue weighted by molar-refractivity contribution is -0.139. The summed E-state index contributed by atoms with van der Waals surface area (Å²) in [7, 11) is 1.51. The Morgan fingerprint density at radius 2 is 1.97 bits per heavy atom. The molecule has 0 unspecified atom stereocenters. The van der Waals surface area contributed by atoms with Crippen LogP contribution in [0.3, 0.4) is 0 Å². The van der Waals surface area contributed by atoms with Crippen molar-refractivity contribution in [2.24, 2.45) is 0 Å². The molecule has 2 heterocycles. The SMILES string of the molecule is CCOc1ccc(/C=C/C(=O)OCc2c(C(C)C)nc3c(Cl)cc(C(F)(F)F)cn23)cc1OC. The highest BCUT2D eigenvalue weighted by Crippen LogP contribution is 2.34. The number of benzene rings is 1. The number of hydrogen-bond donors (Lipinski definition) is 0. The lowest BCUT2D eigenvalue weighted by atomic mass is 10.1. The average molecular weight is 497 g/mol. The van der Waals surface area contributed by atoms with Crippen molar-refractivity contribution in [3.63, 3.8) is 0 Å². The van der Waals surface area contributed by atoms with E-state index in [0.717, 1.165) is 12.3 Å². The van der Waals surface area contributed by atoms with E-state index in [0.29, 0.717) is 35.1 Å². The van der Waals surface area contributed by atoms with E-state index in [-0.39, 0.29) is 23.2 Å². The smallest absolute Gasteiger partial charge is 0.417 e. The van der Waals surface area contributed by atoms with Crippen molar-refractivity contribution in [1.29, 1.82) is 0 Å². The summed E-state index contributed by atoms with van der Waals surface area (Å²) in [5, 5.41) is -0.140. The zero-order valence-electron chi connectivity index (χ0n) is 19.1. The molecule has 34 heavy (non-hydrogen) atoms. The minimum Gasteiger partial charge on any atom is -0.493 e. The van der Waals surface area contributed by atoms with Crippen LogP contribution >= 0.6 is 11.6 Å². The molecule has 10 heteroatoms. The molecule has 0 fully saturated rings. The highest BCUT2D eigenvalue weighted by Gasteiger charge is 2.32. The number of rotatable bonds is 8. The average Bonchev–Trinajstić information content (AvgIpc) is 3.16. The number of fused-ring (bicyclic) bond motifs is 1. The number of alkyl halides is 3. The highest BCUT2D eigenvalue weighted by molar-refractivity contribution is 6.33. The zero-order chi connectivity index (χ0) is 25.0. The molecule has 0 radical (unpaired) electrons. The molecule has 0 aliphatic rings. The Hall–Kier alpha value is -3.20. The number of carbonyl (C=O) groups excluding carboxylic acids is 1. The number of nitrogens with zero attached hydrogens (tertiary/aromatic N) is 2. The van der Waals surface area contributed by atoms with Crippen molar-refractivity contribution in [2.75, 3.05) is 13.7 Å². The molecule has 0 amide bonds. The van der Waals surface area contributed by atoms with Crippen LogP contribution in [0.25, 0.3) is 11.7 Å². The normalized spacial score (nSPS) is 12.0. The molecule has 3 rings (SSSR count). The van der Waals surface area contributed by atoms with E-state index in [2.05, 4.69) is 4.98 Å². The van der Waals surface area contributed by atoms with Crippen LogP contribution < -0.4 is 9.47 Å². The molecule has 182 valence electrons. The van der Waals surface area contributed by atoms with Crippen LogP contribution in [0.1, 0.15) is 49.2 Å². The van der Waals surface area contributed by atoms with Crippen LogP contribution in [0.5, 0.6) is 11.5 Å². The van der Waals surface area contributed by atoms with Crippen LogP contribution in [0.2, 0.25) is 5.02 Å². The fourth-order valence-electron chi connectivity index (χ4n) is 3.34. The summed E-state index contributed by atoms with van der Waals surface area (Å²) in [6.45, 7) is 5.74. The van der Waals surface area contributed by atoms with E-state index in [9.17, 15) is 18.0 Å². The molecule has 0 N–H and O–H groups in total. The van der Waals surface area contributed by atoms with Gasteiger partial charge in [-0.25, -0.2) is 9.78 Å². The fraction of sp³-hybridized carbons (Fsp3) is 0.333. The van der Waals surface area contributed by atoms with Gasteiger partial charge in [-0.2, -0.15) is 13.2 Å². The summed E-state index contributed by atoms with van der Waals surface area (Å²) in [4.78, 5) is 16.7. The third kappa shape index (κ3) is 5.64. The summed E-state index contributed by atoms with van der Waals surface area (Å²) in [6, 6.07) is 6.01. The number of carbonyl (C=O) groups is 1. The van der Waals surface area contributed by atoms with E-state index in [1.165, 1.54) is 23.7 Å². The maximum atomic E-state index is 13.3. The topological polar surface area (TPSA) is 62.1 Å². The van der Waals surface area contributed by atoms with Crippen LogP contribution in [0.4, 0.5) is 13.2 Å². The van der Waals surface area contributed by atoms with E-state index in [1.54, 1.807) is 18.2 Å². The van der Waals surface area contributed by atoms with Gasteiger partial charge in [-0.3, -0.25) is 4.40 Å². The highest BCUT2D eigenvalue weighted by atomic mass is 35.5.